The Balaban J connectivity index is 1.70. The molecule has 3 rings (SSSR count). The summed E-state index contributed by atoms with van der Waals surface area (Å²) in [4.78, 5) is 15.9. The third-order valence-corrected chi connectivity index (χ3v) is 5.00. The van der Waals surface area contributed by atoms with Gasteiger partial charge in [-0.05, 0) is 49.4 Å². The SMILES string of the molecule is CC(Oc1cccc(C#N)c1)C(=O)N1CCCC1c1cccs1. The van der Waals surface area contributed by atoms with Gasteiger partial charge in [-0.25, -0.2) is 0 Å². The second-order valence-corrected chi connectivity index (χ2v) is 6.58. The van der Waals surface area contributed by atoms with E-state index in [4.69, 9.17) is 10.00 Å². The van der Waals surface area contributed by atoms with Crippen molar-refractivity contribution in [2.24, 2.45) is 0 Å². The lowest BCUT2D eigenvalue weighted by Crippen LogP contribution is -2.39. The third kappa shape index (κ3) is 3.38. The highest BCUT2D eigenvalue weighted by Gasteiger charge is 2.33. The molecule has 23 heavy (non-hydrogen) atoms. The molecule has 0 bridgehead atoms. The number of amides is 1. The Labute approximate surface area is 139 Å². The number of benzene rings is 1. The summed E-state index contributed by atoms with van der Waals surface area (Å²) in [5, 5.41) is 11.0. The summed E-state index contributed by atoms with van der Waals surface area (Å²) in [6.07, 6.45) is 1.46. The van der Waals surface area contributed by atoms with Gasteiger partial charge in [0.2, 0.25) is 0 Å². The third-order valence-electron chi connectivity index (χ3n) is 4.03. The highest BCUT2D eigenvalue weighted by atomic mass is 32.1. The molecule has 0 saturated carbocycles. The van der Waals surface area contributed by atoms with Gasteiger partial charge in [0, 0.05) is 11.4 Å². The summed E-state index contributed by atoms with van der Waals surface area (Å²) < 4.78 is 5.76. The zero-order valence-electron chi connectivity index (χ0n) is 12.9. The van der Waals surface area contributed by atoms with Gasteiger partial charge in [0.25, 0.3) is 5.91 Å². The van der Waals surface area contributed by atoms with Gasteiger partial charge in [0.05, 0.1) is 17.7 Å². The molecule has 0 aliphatic carbocycles. The van der Waals surface area contributed by atoms with E-state index < -0.39 is 6.10 Å². The standard InChI is InChI=1S/C18H18N2O2S/c1-13(22-15-6-2-5-14(11-15)12-19)18(21)20-9-3-7-16(20)17-8-4-10-23-17/h2,4-6,8,10-11,13,16H,3,7,9H2,1H3. The van der Waals surface area contributed by atoms with Gasteiger partial charge in [-0.3, -0.25) is 4.79 Å². The molecule has 1 aromatic heterocycles. The lowest BCUT2D eigenvalue weighted by Gasteiger charge is -2.27. The number of carbonyl (C=O) groups is 1. The van der Waals surface area contributed by atoms with Crippen LogP contribution in [-0.2, 0) is 4.79 Å². The van der Waals surface area contributed by atoms with Crippen LogP contribution in [0, 0.1) is 11.3 Å². The molecule has 0 N–H and O–H groups in total. The molecule has 1 saturated heterocycles. The van der Waals surface area contributed by atoms with Crippen molar-refractivity contribution in [3.63, 3.8) is 0 Å². The summed E-state index contributed by atoms with van der Waals surface area (Å²) in [5.41, 5.74) is 0.528. The number of ether oxygens (including phenoxy) is 1. The van der Waals surface area contributed by atoms with Gasteiger partial charge in [0.15, 0.2) is 6.10 Å². The Morgan fingerprint density at radius 2 is 2.30 bits per heavy atom. The van der Waals surface area contributed by atoms with Crippen LogP contribution in [0.1, 0.15) is 36.2 Å². The van der Waals surface area contributed by atoms with Gasteiger partial charge in [-0.15, -0.1) is 11.3 Å². The van der Waals surface area contributed by atoms with Crippen molar-refractivity contribution in [3.8, 4) is 11.8 Å². The first-order valence-corrected chi connectivity index (χ1v) is 8.57. The van der Waals surface area contributed by atoms with Crippen LogP contribution in [0.25, 0.3) is 0 Å². The predicted molar refractivity (Wildman–Crippen MR) is 89.3 cm³/mol. The van der Waals surface area contributed by atoms with Crippen LogP contribution >= 0.6 is 11.3 Å². The van der Waals surface area contributed by atoms with E-state index in [0.717, 1.165) is 19.4 Å². The van der Waals surface area contributed by atoms with E-state index in [9.17, 15) is 4.79 Å². The minimum Gasteiger partial charge on any atom is -0.481 e. The monoisotopic (exact) mass is 326 g/mol. The van der Waals surface area contributed by atoms with Crippen molar-refractivity contribution in [1.82, 2.24) is 4.90 Å². The number of carbonyl (C=O) groups excluding carboxylic acids is 1. The van der Waals surface area contributed by atoms with Crippen LogP contribution in [0.4, 0.5) is 0 Å². The topological polar surface area (TPSA) is 53.3 Å². The number of rotatable bonds is 4. The minimum absolute atomic E-state index is 0.00302. The quantitative estimate of drug-likeness (QED) is 0.860. The van der Waals surface area contributed by atoms with Crippen LogP contribution in [0.15, 0.2) is 41.8 Å². The maximum atomic E-state index is 12.8. The van der Waals surface area contributed by atoms with Crippen molar-refractivity contribution in [3.05, 3.63) is 52.2 Å². The van der Waals surface area contributed by atoms with Crippen molar-refractivity contribution in [2.75, 3.05) is 6.54 Å². The Bertz CT molecular complexity index is 721. The molecule has 2 atom stereocenters. The number of nitriles is 1. The number of thiophene rings is 1. The Morgan fingerprint density at radius 3 is 3.04 bits per heavy atom. The van der Waals surface area contributed by atoms with Crippen molar-refractivity contribution >= 4 is 17.2 Å². The molecule has 1 amide bonds. The van der Waals surface area contributed by atoms with Gasteiger partial charge in [-0.2, -0.15) is 5.26 Å². The molecule has 1 aliphatic heterocycles. The molecule has 2 heterocycles. The van der Waals surface area contributed by atoms with Crippen molar-refractivity contribution in [1.29, 1.82) is 5.26 Å². The van der Waals surface area contributed by atoms with E-state index in [1.807, 2.05) is 16.3 Å². The fourth-order valence-electron chi connectivity index (χ4n) is 2.93. The predicted octanol–water partition coefficient (Wildman–Crippen LogP) is 3.75. The zero-order valence-corrected chi connectivity index (χ0v) is 13.8. The Morgan fingerprint density at radius 1 is 1.43 bits per heavy atom. The molecule has 118 valence electrons. The number of likely N-dealkylation sites (tertiary alicyclic amines) is 1. The molecular formula is C18H18N2O2S. The second kappa shape index (κ2) is 6.84. The Kier molecular flexibility index (Phi) is 4.63. The van der Waals surface area contributed by atoms with E-state index in [0.29, 0.717) is 11.3 Å². The normalized spacial score (nSPS) is 18.4. The lowest BCUT2D eigenvalue weighted by molar-refractivity contribution is -0.138. The maximum absolute atomic E-state index is 12.8. The van der Waals surface area contributed by atoms with Gasteiger partial charge in [0.1, 0.15) is 5.75 Å². The fraction of sp³-hybridized carbons (Fsp3) is 0.333. The van der Waals surface area contributed by atoms with Crippen molar-refractivity contribution in [2.45, 2.75) is 31.9 Å². The van der Waals surface area contributed by atoms with Gasteiger partial charge < -0.3 is 9.64 Å². The molecule has 2 unspecified atom stereocenters. The molecule has 0 radical (unpaired) electrons. The van der Waals surface area contributed by atoms with E-state index in [1.165, 1.54) is 4.88 Å². The van der Waals surface area contributed by atoms with Gasteiger partial charge in [-0.1, -0.05) is 12.1 Å². The first-order valence-electron chi connectivity index (χ1n) is 7.70. The highest BCUT2D eigenvalue weighted by molar-refractivity contribution is 7.10. The molecular weight excluding hydrogens is 308 g/mol. The van der Waals surface area contributed by atoms with Crippen LogP contribution in [-0.4, -0.2) is 23.5 Å². The largest absolute Gasteiger partial charge is 0.481 e. The van der Waals surface area contributed by atoms with Crippen LogP contribution in [0.3, 0.4) is 0 Å². The average Bonchev–Trinajstić information content (AvgIpc) is 3.25. The minimum atomic E-state index is -0.565. The summed E-state index contributed by atoms with van der Waals surface area (Å²) in [5.74, 6) is 0.556. The first kappa shape index (κ1) is 15.6. The number of hydrogen-bond acceptors (Lipinski definition) is 4. The average molecular weight is 326 g/mol. The molecule has 1 aromatic carbocycles. The molecule has 1 fully saturated rings. The summed E-state index contributed by atoms with van der Waals surface area (Å²) >= 11 is 1.69. The van der Waals surface area contributed by atoms with Crippen LogP contribution < -0.4 is 4.74 Å². The first-order chi connectivity index (χ1) is 11.2. The van der Waals surface area contributed by atoms with Gasteiger partial charge >= 0.3 is 0 Å². The number of nitrogens with zero attached hydrogens (tertiary/aromatic N) is 2. The number of hydrogen-bond donors (Lipinski definition) is 0. The summed E-state index contributed by atoms with van der Waals surface area (Å²) in [6.45, 7) is 2.54. The van der Waals surface area contributed by atoms with E-state index >= 15 is 0 Å². The summed E-state index contributed by atoms with van der Waals surface area (Å²) in [6, 6.07) is 13.3. The van der Waals surface area contributed by atoms with E-state index in [-0.39, 0.29) is 11.9 Å². The lowest BCUT2D eigenvalue weighted by atomic mass is 10.2. The van der Waals surface area contributed by atoms with Crippen LogP contribution in [0.5, 0.6) is 5.75 Å². The summed E-state index contributed by atoms with van der Waals surface area (Å²) in [7, 11) is 0. The molecule has 5 heteroatoms. The molecule has 0 spiro atoms. The maximum Gasteiger partial charge on any atom is 0.263 e. The second-order valence-electron chi connectivity index (χ2n) is 5.60. The van der Waals surface area contributed by atoms with E-state index in [2.05, 4.69) is 12.1 Å². The van der Waals surface area contributed by atoms with Crippen molar-refractivity contribution < 1.29 is 9.53 Å². The molecule has 2 aromatic rings. The zero-order chi connectivity index (χ0) is 16.2. The van der Waals surface area contributed by atoms with E-state index in [1.54, 1.807) is 42.5 Å². The highest BCUT2D eigenvalue weighted by Crippen LogP contribution is 2.35. The van der Waals surface area contributed by atoms with Crippen LogP contribution in [0.2, 0.25) is 0 Å². The smallest absolute Gasteiger partial charge is 0.263 e. The molecule has 4 nitrogen and oxygen atoms in total. The molecule has 1 aliphatic rings. The fourth-order valence-corrected chi connectivity index (χ4v) is 3.81. The Hall–Kier alpha value is -2.32.